The number of anilines is 2. The van der Waals surface area contributed by atoms with E-state index in [1.807, 2.05) is 24.3 Å². The van der Waals surface area contributed by atoms with E-state index in [4.69, 9.17) is 5.73 Å². The molecule has 0 bridgehead atoms. The second-order valence-electron chi connectivity index (χ2n) is 6.19. The minimum absolute atomic E-state index is 0.149. The Balaban J connectivity index is 1.69. The molecule has 0 aliphatic heterocycles. The summed E-state index contributed by atoms with van der Waals surface area (Å²) in [5.74, 6) is -0.187. The fraction of sp³-hybridized carbons (Fsp3) is 0.200. The maximum atomic E-state index is 12.4. The van der Waals surface area contributed by atoms with Gasteiger partial charge in [-0.1, -0.05) is 49.0 Å². The van der Waals surface area contributed by atoms with Crippen molar-refractivity contribution in [3.05, 3.63) is 64.4 Å². The van der Waals surface area contributed by atoms with Crippen LogP contribution in [0.4, 0.5) is 11.4 Å². The van der Waals surface area contributed by atoms with Crippen molar-refractivity contribution in [2.45, 2.75) is 30.7 Å². The van der Waals surface area contributed by atoms with E-state index in [-0.39, 0.29) is 16.8 Å². The van der Waals surface area contributed by atoms with Crippen LogP contribution in [0.1, 0.15) is 19.4 Å². The summed E-state index contributed by atoms with van der Waals surface area (Å²) < 4.78 is 0. The summed E-state index contributed by atoms with van der Waals surface area (Å²) >= 11 is 1.13. The lowest BCUT2D eigenvalue weighted by molar-refractivity contribution is -0.115. The van der Waals surface area contributed by atoms with Crippen molar-refractivity contribution < 1.29 is 4.79 Å². The van der Waals surface area contributed by atoms with Gasteiger partial charge in [0, 0.05) is 16.9 Å². The number of aryl methyl sites for hydroxylation is 1. The molecule has 1 amide bonds. The number of nitrogens with zero attached hydrogens (tertiary/aromatic N) is 2. The van der Waals surface area contributed by atoms with Crippen molar-refractivity contribution in [3.8, 4) is 11.3 Å². The molecule has 2 aromatic carbocycles. The number of nitrogens with two attached hydrogens (primary N) is 1. The largest absolute Gasteiger partial charge is 0.398 e. The summed E-state index contributed by atoms with van der Waals surface area (Å²) in [6, 6.07) is 14.6. The topological polar surface area (TPSA) is 114 Å². The third-order valence-corrected chi connectivity index (χ3v) is 5.15. The van der Waals surface area contributed by atoms with Gasteiger partial charge in [0.15, 0.2) is 10.9 Å². The summed E-state index contributed by atoms with van der Waals surface area (Å²) in [4.78, 5) is 27.4. The monoisotopic (exact) mass is 395 g/mol. The fourth-order valence-corrected chi connectivity index (χ4v) is 3.29. The number of aromatic nitrogens is 3. The Morgan fingerprint density at radius 2 is 1.89 bits per heavy atom. The fourth-order valence-electron chi connectivity index (χ4n) is 2.55. The number of carbonyl (C=O) groups is 1. The first-order valence-electron chi connectivity index (χ1n) is 8.86. The lowest BCUT2D eigenvalue weighted by Crippen LogP contribution is -2.23. The third kappa shape index (κ3) is 4.58. The number of thioether (sulfide) groups is 1. The molecule has 28 heavy (non-hydrogen) atoms. The third-order valence-electron chi connectivity index (χ3n) is 4.18. The number of aromatic amines is 1. The number of nitrogens with one attached hydrogen (secondary N) is 2. The molecular weight excluding hydrogens is 374 g/mol. The van der Waals surface area contributed by atoms with Crippen molar-refractivity contribution in [3.63, 3.8) is 0 Å². The number of hydrogen-bond acceptors (Lipinski definition) is 6. The Morgan fingerprint density at radius 3 is 2.54 bits per heavy atom. The van der Waals surface area contributed by atoms with E-state index >= 15 is 0 Å². The van der Waals surface area contributed by atoms with Crippen molar-refractivity contribution in [2.75, 3.05) is 11.1 Å². The lowest BCUT2D eigenvalue weighted by atomic mass is 10.1. The Bertz CT molecular complexity index is 1030. The van der Waals surface area contributed by atoms with Crippen molar-refractivity contribution in [1.82, 2.24) is 15.2 Å². The van der Waals surface area contributed by atoms with Gasteiger partial charge >= 0.3 is 0 Å². The highest BCUT2D eigenvalue weighted by atomic mass is 32.2. The molecule has 8 heteroatoms. The zero-order chi connectivity index (χ0) is 20.1. The number of benzene rings is 2. The Hall–Kier alpha value is -3.13. The first-order chi connectivity index (χ1) is 13.5. The highest BCUT2D eigenvalue weighted by Gasteiger charge is 2.18. The summed E-state index contributed by atoms with van der Waals surface area (Å²) in [6.45, 7) is 3.81. The second-order valence-corrected chi connectivity index (χ2v) is 7.52. The zero-order valence-corrected chi connectivity index (χ0v) is 16.4. The number of carbonyl (C=O) groups excluding carboxylic acids is 1. The Kier molecular flexibility index (Phi) is 6.10. The smallest absolute Gasteiger partial charge is 0.278 e. The van der Waals surface area contributed by atoms with Gasteiger partial charge < -0.3 is 11.1 Å². The van der Waals surface area contributed by atoms with Gasteiger partial charge in [-0.25, -0.2) is 0 Å². The molecule has 1 atom stereocenters. The Morgan fingerprint density at radius 1 is 1.18 bits per heavy atom. The maximum absolute atomic E-state index is 12.4. The van der Waals surface area contributed by atoms with Crippen LogP contribution in [-0.2, 0) is 11.2 Å². The summed E-state index contributed by atoms with van der Waals surface area (Å²) in [6.07, 6.45) is 0.942. The molecule has 1 heterocycles. The van der Waals surface area contributed by atoms with Gasteiger partial charge in [0.05, 0.1) is 5.25 Å². The van der Waals surface area contributed by atoms with Gasteiger partial charge in [0.2, 0.25) is 5.91 Å². The average molecular weight is 395 g/mol. The van der Waals surface area contributed by atoms with Gasteiger partial charge in [-0.2, -0.15) is 0 Å². The average Bonchev–Trinajstić information content (AvgIpc) is 2.69. The van der Waals surface area contributed by atoms with Gasteiger partial charge in [0.1, 0.15) is 0 Å². The van der Waals surface area contributed by atoms with E-state index in [1.54, 1.807) is 31.2 Å². The number of H-pyrrole nitrogens is 1. The molecule has 0 saturated carbocycles. The van der Waals surface area contributed by atoms with Gasteiger partial charge in [-0.3, -0.25) is 14.6 Å². The molecule has 1 aromatic heterocycles. The number of hydrogen-bond donors (Lipinski definition) is 3. The molecule has 0 unspecified atom stereocenters. The molecule has 7 nitrogen and oxygen atoms in total. The predicted molar refractivity (Wildman–Crippen MR) is 112 cm³/mol. The highest BCUT2D eigenvalue weighted by Crippen LogP contribution is 2.23. The van der Waals surface area contributed by atoms with E-state index in [2.05, 4.69) is 27.4 Å². The van der Waals surface area contributed by atoms with Gasteiger partial charge in [0.25, 0.3) is 5.56 Å². The van der Waals surface area contributed by atoms with E-state index in [9.17, 15) is 9.59 Å². The first-order valence-corrected chi connectivity index (χ1v) is 9.74. The quantitative estimate of drug-likeness (QED) is 0.436. The van der Waals surface area contributed by atoms with Crippen molar-refractivity contribution in [2.24, 2.45) is 0 Å². The highest BCUT2D eigenvalue weighted by molar-refractivity contribution is 8.00. The van der Waals surface area contributed by atoms with E-state index in [1.165, 1.54) is 5.56 Å². The van der Waals surface area contributed by atoms with Crippen LogP contribution in [0.25, 0.3) is 11.3 Å². The number of nitrogen functional groups attached to an aromatic ring is 1. The molecule has 0 aliphatic rings. The summed E-state index contributed by atoms with van der Waals surface area (Å²) in [5.41, 5.74) is 8.54. The van der Waals surface area contributed by atoms with Crippen LogP contribution in [-0.4, -0.2) is 26.3 Å². The molecule has 4 N–H and O–H groups in total. The number of amides is 1. The normalized spacial score (nSPS) is 11.8. The van der Waals surface area contributed by atoms with Crippen LogP contribution in [0.3, 0.4) is 0 Å². The molecule has 0 spiro atoms. The van der Waals surface area contributed by atoms with Gasteiger partial charge in [-0.05, 0) is 37.1 Å². The second kappa shape index (κ2) is 8.71. The summed E-state index contributed by atoms with van der Waals surface area (Å²) in [5, 5.41) is 10.7. The number of rotatable bonds is 6. The zero-order valence-electron chi connectivity index (χ0n) is 15.6. The molecule has 0 saturated heterocycles. The van der Waals surface area contributed by atoms with Crippen LogP contribution in [0.2, 0.25) is 0 Å². The van der Waals surface area contributed by atoms with Gasteiger partial charge in [-0.15, -0.1) is 10.2 Å². The van der Waals surface area contributed by atoms with Crippen LogP contribution in [0.5, 0.6) is 0 Å². The molecule has 0 aliphatic carbocycles. The molecule has 3 aromatic rings. The Labute approximate surface area is 166 Å². The molecule has 144 valence electrons. The van der Waals surface area contributed by atoms with Crippen molar-refractivity contribution >= 4 is 29.0 Å². The number of para-hydroxylation sites is 1. The van der Waals surface area contributed by atoms with Crippen LogP contribution in [0.15, 0.2) is 58.5 Å². The standard InChI is InChI=1S/C20H21N5O2S/c1-3-13-8-10-14(11-9-13)22-18(26)12(2)28-20-23-19(27)17(24-25-20)15-6-4-5-7-16(15)21/h4-12H,3,21H2,1-2H3,(H,22,26)(H,23,25,27)/t12-/m0/s1. The van der Waals surface area contributed by atoms with Crippen LogP contribution < -0.4 is 16.6 Å². The van der Waals surface area contributed by atoms with Crippen molar-refractivity contribution in [1.29, 1.82) is 0 Å². The van der Waals surface area contributed by atoms with Crippen LogP contribution >= 0.6 is 11.8 Å². The molecular formula is C20H21N5O2S. The SMILES string of the molecule is CCc1ccc(NC(=O)[C@H](C)Sc2nnc(-c3ccccc3N)c(=O)[nH]2)cc1. The molecule has 3 rings (SSSR count). The minimum Gasteiger partial charge on any atom is -0.398 e. The van der Waals surface area contributed by atoms with E-state index < -0.39 is 10.8 Å². The van der Waals surface area contributed by atoms with E-state index in [0.717, 1.165) is 23.9 Å². The van der Waals surface area contributed by atoms with Crippen LogP contribution in [0, 0.1) is 0 Å². The minimum atomic E-state index is -0.469. The lowest BCUT2D eigenvalue weighted by Gasteiger charge is -2.11. The maximum Gasteiger partial charge on any atom is 0.278 e. The predicted octanol–water partition coefficient (Wildman–Crippen LogP) is 3.10. The molecule has 0 radical (unpaired) electrons. The first kappa shape index (κ1) is 19.6. The molecule has 0 fully saturated rings. The summed E-state index contributed by atoms with van der Waals surface area (Å²) in [7, 11) is 0. The van der Waals surface area contributed by atoms with E-state index in [0.29, 0.717) is 11.3 Å².